The third kappa shape index (κ3) is 5.42. The van der Waals surface area contributed by atoms with Crippen molar-refractivity contribution in [2.24, 2.45) is 0 Å². The number of nitrogens with zero attached hydrogens (tertiary/aromatic N) is 2. The van der Waals surface area contributed by atoms with Crippen LogP contribution in [0.5, 0.6) is 0 Å². The van der Waals surface area contributed by atoms with Crippen molar-refractivity contribution in [3.63, 3.8) is 0 Å². The van der Waals surface area contributed by atoms with Gasteiger partial charge in [-0.05, 0) is 46.6 Å². The molecule has 1 aliphatic heterocycles. The maximum atomic E-state index is 12.9. The molecule has 1 fully saturated rings. The Balaban J connectivity index is 1.66. The van der Waals surface area contributed by atoms with Crippen molar-refractivity contribution in [1.29, 1.82) is 0 Å². The number of amides is 1. The van der Waals surface area contributed by atoms with Crippen LogP contribution in [0.2, 0.25) is 0 Å². The Hall–Kier alpha value is -2.34. The molecule has 1 saturated heterocycles. The quantitative estimate of drug-likeness (QED) is 0.606. The summed E-state index contributed by atoms with van der Waals surface area (Å²) in [5.74, 6) is -1.29. The third-order valence-corrected chi connectivity index (χ3v) is 6.81. The summed E-state index contributed by atoms with van der Waals surface area (Å²) in [5, 5.41) is 2.55. The predicted octanol–water partition coefficient (Wildman–Crippen LogP) is 1.97. The number of ether oxygens (including phenoxy) is 2. The summed E-state index contributed by atoms with van der Waals surface area (Å²) in [6.07, 6.45) is 2.84. The minimum Gasteiger partial charge on any atom is -0.452 e. The van der Waals surface area contributed by atoms with E-state index in [0.717, 1.165) is 0 Å². The highest BCUT2D eigenvalue weighted by Gasteiger charge is 2.28. The Bertz CT molecular complexity index is 1050. The normalized spacial score (nSPS) is 14.9. The smallest absolute Gasteiger partial charge is 0.340 e. The van der Waals surface area contributed by atoms with Gasteiger partial charge in [-0.2, -0.15) is 4.31 Å². The fourth-order valence-electron chi connectivity index (χ4n) is 2.82. The molecular formula is C19H20BrN3O6S. The zero-order valence-electron chi connectivity index (χ0n) is 16.1. The van der Waals surface area contributed by atoms with Gasteiger partial charge >= 0.3 is 5.97 Å². The van der Waals surface area contributed by atoms with E-state index in [1.54, 1.807) is 19.1 Å². The minimum absolute atomic E-state index is 0.111. The molecule has 0 saturated carbocycles. The molecule has 1 aliphatic rings. The summed E-state index contributed by atoms with van der Waals surface area (Å²) >= 11 is 3.20. The Morgan fingerprint density at radius 3 is 2.67 bits per heavy atom. The van der Waals surface area contributed by atoms with Crippen molar-refractivity contribution in [1.82, 2.24) is 9.29 Å². The number of aromatic nitrogens is 1. The second kappa shape index (κ2) is 9.65. The topological polar surface area (TPSA) is 115 Å². The Labute approximate surface area is 182 Å². The zero-order chi connectivity index (χ0) is 21.7. The predicted molar refractivity (Wildman–Crippen MR) is 112 cm³/mol. The SMILES string of the molecule is Cc1ccc(NC(=O)COC(=O)c2cncc(Br)c2)cc1S(=O)(=O)N1CCOCC1. The number of nitrogens with one attached hydrogen (secondary N) is 1. The van der Waals surface area contributed by atoms with Gasteiger partial charge in [0.2, 0.25) is 10.0 Å². The highest BCUT2D eigenvalue weighted by atomic mass is 79.9. The summed E-state index contributed by atoms with van der Waals surface area (Å²) in [6.45, 7) is 2.40. The number of aryl methyl sites for hydroxylation is 1. The van der Waals surface area contributed by atoms with Gasteiger partial charge in [-0.1, -0.05) is 6.07 Å². The summed E-state index contributed by atoms with van der Waals surface area (Å²) in [7, 11) is -3.71. The monoisotopic (exact) mass is 497 g/mol. The lowest BCUT2D eigenvalue weighted by atomic mass is 10.2. The zero-order valence-corrected chi connectivity index (χ0v) is 18.5. The number of sulfonamides is 1. The van der Waals surface area contributed by atoms with Crippen molar-refractivity contribution in [3.05, 3.63) is 52.3 Å². The Morgan fingerprint density at radius 2 is 1.97 bits per heavy atom. The van der Waals surface area contributed by atoms with Gasteiger partial charge in [-0.25, -0.2) is 13.2 Å². The summed E-state index contributed by atoms with van der Waals surface area (Å²) in [6, 6.07) is 6.13. The molecule has 0 bridgehead atoms. The molecule has 160 valence electrons. The Morgan fingerprint density at radius 1 is 1.23 bits per heavy atom. The molecule has 1 aromatic heterocycles. The lowest BCUT2D eigenvalue weighted by molar-refractivity contribution is -0.119. The van der Waals surface area contributed by atoms with Crippen molar-refractivity contribution in [2.45, 2.75) is 11.8 Å². The van der Waals surface area contributed by atoms with E-state index >= 15 is 0 Å². The first-order chi connectivity index (χ1) is 14.3. The molecule has 1 N–H and O–H groups in total. The number of hydrogen-bond acceptors (Lipinski definition) is 7. The highest BCUT2D eigenvalue weighted by Crippen LogP contribution is 2.24. The van der Waals surface area contributed by atoms with Gasteiger partial charge in [0.15, 0.2) is 6.61 Å². The van der Waals surface area contributed by atoms with Crippen molar-refractivity contribution in [2.75, 3.05) is 38.2 Å². The first-order valence-electron chi connectivity index (χ1n) is 9.03. The molecule has 3 rings (SSSR count). The molecule has 1 aromatic carbocycles. The van der Waals surface area contributed by atoms with Crippen molar-refractivity contribution in [3.8, 4) is 0 Å². The van der Waals surface area contributed by atoms with Crippen LogP contribution in [0.3, 0.4) is 0 Å². The van der Waals surface area contributed by atoms with Gasteiger partial charge in [0, 0.05) is 35.6 Å². The Kier molecular flexibility index (Phi) is 7.19. The fraction of sp³-hybridized carbons (Fsp3) is 0.316. The molecule has 30 heavy (non-hydrogen) atoms. The van der Waals surface area contributed by atoms with E-state index in [-0.39, 0.29) is 29.2 Å². The van der Waals surface area contributed by atoms with E-state index in [2.05, 4.69) is 26.2 Å². The first kappa shape index (κ1) is 22.3. The summed E-state index contributed by atoms with van der Waals surface area (Å²) in [4.78, 5) is 28.1. The number of halogens is 1. The maximum Gasteiger partial charge on any atom is 0.340 e. The van der Waals surface area contributed by atoms with Gasteiger partial charge < -0.3 is 14.8 Å². The van der Waals surface area contributed by atoms with Crippen molar-refractivity contribution >= 4 is 43.5 Å². The third-order valence-electron chi connectivity index (χ3n) is 4.33. The first-order valence-corrected chi connectivity index (χ1v) is 11.3. The molecule has 0 spiro atoms. The minimum atomic E-state index is -3.71. The van der Waals surface area contributed by atoms with Crippen LogP contribution in [-0.2, 0) is 24.3 Å². The number of carbonyl (C=O) groups is 2. The summed E-state index contributed by atoms with van der Waals surface area (Å²) in [5.41, 5.74) is 1.05. The van der Waals surface area contributed by atoms with Gasteiger partial charge in [0.25, 0.3) is 5.91 Å². The molecule has 2 aromatic rings. The lowest BCUT2D eigenvalue weighted by Gasteiger charge is -2.26. The highest BCUT2D eigenvalue weighted by molar-refractivity contribution is 9.10. The average Bonchev–Trinajstić information content (AvgIpc) is 2.74. The average molecular weight is 498 g/mol. The number of pyridine rings is 1. The second-order valence-corrected chi connectivity index (χ2v) is 9.33. The number of hydrogen-bond donors (Lipinski definition) is 1. The molecule has 9 nitrogen and oxygen atoms in total. The molecular weight excluding hydrogens is 478 g/mol. The molecule has 2 heterocycles. The van der Waals surface area contributed by atoms with E-state index in [0.29, 0.717) is 23.2 Å². The van der Waals surface area contributed by atoms with Crippen LogP contribution < -0.4 is 5.32 Å². The summed E-state index contributed by atoms with van der Waals surface area (Å²) < 4.78 is 38.0. The molecule has 0 atom stereocenters. The number of carbonyl (C=O) groups excluding carboxylic acids is 2. The molecule has 11 heteroatoms. The van der Waals surface area contributed by atoms with Crippen LogP contribution >= 0.6 is 15.9 Å². The molecule has 1 amide bonds. The van der Waals surface area contributed by atoms with E-state index in [1.807, 2.05) is 0 Å². The van der Waals surface area contributed by atoms with Gasteiger partial charge in [-0.3, -0.25) is 9.78 Å². The second-order valence-electron chi connectivity index (χ2n) is 6.51. The number of benzene rings is 1. The molecule has 0 radical (unpaired) electrons. The van der Waals surface area contributed by atoms with Crippen LogP contribution in [-0.4, -0.2) is 62.5 Å². The van der Waals surface area contributed by atoms with E-state index in [9.17, 15) is 18.0 Å². The molecule has 0 aliphatic carbocycles. The lowest BCUT2D eigenvalue weighted by Crippen LogP contribution is -2.40. The maximum absolute atomic E-state index is 12.9. The van der Waals surface area contributed by atoms with Crippen molar-refractivity contribution < 1.29 is 27.5 Å². The number of esters is 1. The standard InChI is InChI=1S/C19H20BrN3O6S/c1-13-2-3-16(9-17(13)30(26,27)23-4-6-28-7-5-23)22-18(24)12-29-19(25)14-8-15(20)11-21-10-14/h2-3,8-11H,4-7,12H2,1H3,(H,22,24). The van der Waals surface area contributed by atoms with Gasteiger partial charge in [-0.15, -0.1) is 0 Å². The number of anilines is 1. The van der Waals surface area contributed by atoms with E-state index in [1.165, 1.54) is 28.8 Å². The molecule has 0 unspecified atom stereocenters. The number of morpholine rings is 1. The number of rotatable bonds is 6. The van der Waals surface area contributed by atoms with Gasteiger partial charge in [0.1, 0.15) is 0 Å². The fourth-order valence-corrected chi connectivity index (χ4v) is 4.84. The van der Waals surface area contributed by atoms with Crippen LogP contribution in [0, 0.1) is 6.92 Å². The van der Waals surface area contributed by atoms with Crippen LogP contribution in [0.15, 0.2) is 46.0 Å². The largest absolute Gasteiger partial charge is 0.452 e. The van der Waals surface area contributed by atoms with E-state index in [4.69, 9.17) is 9.47 Å². The van der Waals surface area contributed by atoms with Crippen LogP contribution in [0.1, 0.15) is 15.9 Å². The van der Waals surface area contributed by atoms with E-state index < -0.39 is 28.5 Å². The van der Waals surface area contributed by atoms with Crippen LogP contribution in [0.25, 0.3) is 0 Å². The van der Waals surface area contributed by atoms with Crippen LogP contribution in [0.4, 0.5) is 5.69 Å². The van der Waals surface area contributed by atoms with Gasteiger partial charge in [0.05, 0.1) is 23.7 Å².